The van der Waals surface area contributed by atoms with Crippen LogP contribution >= 0.6 is 39.3 Å². The van der Waals surface area contributed by atoms with Gasteiger partial charge in [-0.3, -0.25) is 9.69 Å². The lowest BCUT2D eigenvalue weighted by Gasteiger charge is -2.15. The minimum absolute atomic E-state index is 0.189. The molecule has 1 saturated heterocycles. The third-order valence-corrected chi connectivity index (χ3v) is 7.47. The van der Waals surface area contributed by atoms with Crippen molar-refractivity contribution in [3.63, 3.8) is 0 Å². The quantitative estimate of drug-likeness (QED) is 0.199. The van der Waals surface area contributed by atoms with Crippen molar-refractivity contribution < 1.29 is 23.8 Å². The zero-order valence-corrected chi connectivity index (χ0v) is 24.0. The van der Waals surface area contributed by atoms with Crippen molar-refractivity contribution in [3.8, 4) is 11.5 Å². The van der Waals surface area contributed by atoms with Crippen molar-refractivity contribution in [1.82, 2.24) is 4.90 Å². The van der Waals surface area contributed by atoms with E-state index in [2.05, 4.69) is 20.9 Å². The third-order valence-electron chi connectivity index (χ3n) is 5.45. The molecule has 1 aliphatic rings. The van der Waals surface area contributed by atoms with E-state index < -0.39 is 5.97 Å². The Kier molecular flexibility index (Phi) is 9.14. The summed E-state index contributed by atoms with van der Waals surface area (Å²) in [6.45, 7) is 2.60. The minimum atomic E-state index is -0.453. The molecule has 1 fully saturated rings. The van der Waals surface area contributed by atoms with Gasteiger partial charge in [0.1, 0.15) is 6.61 Å². The maximum atomic E-state index is 13.0. The SMILES string of the molecule is CCOc1cc(C=C2SC(=Nc3cccc(C(=O)OC)c3)N(C)C2=O)cc(Br)c1OCc1ccccc1Cl. The van der Waals surface area contributed by atoms with Crippen LogP contribution in [0.2, 0.25) is 5.02 Å². The van der Waals surface area contributed by atoms with Gasteiger partial charge in [0.15, 0.2) is 16.7 Å². The number of aliphatic imine (C=N–C) groups is 1. The lowest BCUT2D eigenvalue weighted by atomic mass is 10.1. The van der Waals surface area contributed by atoms with Crippen LogP contribution in [0, 0.1) is 0 Å². The second kappa shape index (κ2) is 12.5. The number of carbonyl (C=O) groups excluding carboxylic acids is 2. The number of halogens is 2. The van der Waals surface area contributed by atoms with Gasteiger partial charge < -0.3 is 14.2 Å². The van der Waals surface area contributed by atoms with Gasteiger partial charge in [0, 0.05) is 17.6 Å². The smallest absolute Gasteiger partial charge is 0.337 e. The maximum Gasteiger partial charge on any atom is 0.337 e. The van der Waals surface area contributed by atoms with Crippen LogP contribution in [0.4, 0.5) is 5.69 Å². The molecule has 10 heteroatoms. The van der Waals surface area contributed by atoms with Crippen molar-refractivity contribution in [2.24, 2.45) is 4.99 Å². The first-order valence-corrected chi connectivity index (χ1v) is 13.6. The average Bonchev–Trinajstić information content (AvgIpc) is 3.16. The molecule has 0 atom stereocenters. The molecule has 196 valence electrons. The molecule has 0 unspecified atom stereocenters. The molecule has 7 nitrogen and oxygen atoms in total. The van der Waals surface area contributed by atoms with E-state index in [1.807, 2.05) is 43.3 Å². The first kappa shape index (κ1) is 27.8. The fourth-order valence-electron chi connectivity index (χ4n) is 3.57. The van der Waals surface area contributed by atoms with Crippen LogP contribution in [-0.2, 0) is 16.1 Å². The summed E-state index contributed by atoms with van der Waals surface area (Å²) in [6.07, 6.45) is 1.78. The van der Waals surface area contributed by atoms with Gasteiger partial charge in [0.05, 0.1) is 34.3 Å². The standard InChI is InChI=1S/C28H24BrClN2O5S/c1-4-36-23-13-17(12-21(29)25(23)37-16-19-8-5-6-11-22(19)30)14-24-26(33)32(2)28(38-24)31-20-10-7-9-18(15-20)27(34)35-3/h5-15H,4,16H2,1-3H3. The van der Waals surface area contributed by atoms with E-state index in [4.69, 9.17) is 25.8 Å². The van der Waals surface area contributed by atoms with Crippen molar-refractivity contribution in [2.45, 2.75) is 13.5 Å². The van der Waals surface area contributed by atoms with E-state index in [1.54, 1.807) is 37.4 Å². The maximum absolute atomic E-state index is 13.0. The number of rotatable bonds is 8. The summed E-state index contributed by atoms with van der Waals surface area (Å²) in [6, 6.07) is 17.9. The van der Waals surface area contributed by atoms with Crippen molar-refractivity contribution in [3.05, 3.63) is 91.8 Å². The van der Waals surface area contributed by atoms with Gasteiger partial charge in [0.2, 0.25) is 0 Å². The van der Waals surface area contributed by atoms with Crippen LogP contribution in [0.25, 0.3) is 6.08 Å². The monoisotopic (exact) mass is 614 g/mol. The molecule has 0 spiro atoms. The third kappa shape index (κ3) is 6.40. The van der Waals surface area contributed by atoms with Crippen LogP contribution < -0.4 is 9.47 Å². The lowest BCUT2D eigenvalue weighted by molar-refractivity contribution is -0.121. The molecule has 1 amide bonds. The summed E-state index contributed by atoms with van der Waals surface area (Å²) in [5.74, 6) is 0.444. The zero-order valence-electron chi connectivity index (χ0n) is 20.9. The highest BCUT2D eigenvalue weighted by Crippen LogP contribution is 2.40. The molecular weight excluding hydrogens is 592 g/mol. The molecule has 0 bridgehead atoms. The van der Waals surface area contributed by atoms with Gasteiger partial charge in [-0.15, -0.1) is 0 Å². The van der Waals surface area contributed by atoms with Crippen LogP contribution in [0.3, 0.4) is 0 Å². The fourth-order valence-corrected chi connectivity index (χ4v) is 5.32. The number of hydrogen-bond donors (Lipinski definition) is 0. The number of ether oxygens (including phenoxy) is 3. The van der Waals surface area contributed by atoms with Crippen LogP contribution in [0.5, 0.6) is 11.5 Å². The van der Waals surface area contributed by atoms with Crippen molar-refractivity contribution in [1.29, 1.82) is 0 Å². The average molecular weight is 616 g/mol. The lowest BCUT2D eigenvalue weighted by Crippen LogP contribution is -2.23. The van der Waals surface area contributed by atoms with Gasteiger partial charge in [-0.25, -0.2) is 9.79 Å². The molecule has 0 aromatic heterocycles. The second-order valence-electron chi connectivity index (χ2n) is 8.05. The van der Waals surface area contributed by atoms with Crippen LogP contribution in [0.15, 0.2) is 75.0 Å². The highest BCUT2D eigenvalue weighted by Gasteiger charge is 2.30. The number of esters is 1. The predicted molar refractivity (Wildman–Crippen MR) is 154 cm³/mol. The molecule has 1 heterocycles. The molecular formula is C28H24BrClN2O5S. The Morgan fingerprint density at radius 3 is 2.66 bits per heavy atom. The molecule has 0 N–H and O–H groups in total. The number of methoxy groups -OCH3 is 1. The summed E-state index contributed by atoms with van der Waals surface area (Å²) in [4.78, 5) is 31.4. The molecule has 38 heavy (non-hydrogen) atoms. The van der Waals surface area contributed by atoms with Crippen molar-refractivity contribution >= 4 is 68.1 Å². The summed E-state index contributed by atoms with van der Waals surface area (Å²) < 4.78 is 17.4. The van der Waals surface area contributed by atoms with E-state index in [9.17, 15) is 9.59 Å². The number of hydrogen-bond acceptors (Lipinski definition) is 7. The fraction of sp³-hybridized carbons (Fsp3) is 0.179. The Morgan fingerprint density at radius 1 is 1.13 bits per heavy atom. The van der Waals surface area contributed by atoms with Gasteiger partial charge in [-0.05, 0) is 82.7 Å². The number of benzene rings is 3. The Hall–Kier alpha value is -3.27. The molecule has 1 aliphatic heterocycles. The van der Waals surface area contributed by atoms with E-state index in [1.165, 1.54) is 23.8 Å². The normalized spacial score (nSPS) is 15.3. The highest BCUT2D eigenvalue weighted by atomic mass is 79.9. The molecule has 0 radical (unpaired) electrons. The van der Waals surface area contributed by atoms with Crippen molar-refractivity contribution in [2.75, 3.05) is 20.8 Å². The number of thioether (sulfide) groups is 1. The first-order valence-electron chi connectivity index (χ1n) is 11.6. The Balaban J connectivity index is 1.59. The number of amidine groups is 1. The van der Waals surface area contributed by atoms with Crippen LogP contribution in [0.1, 0.15) is 28.4 Å². The summed E-state index contributed by atoms with van der Waals surface area (Å²) in [5, 5.41) is 1.12. The number of amides is 1. The first-order chi connectivity index (χ1) is 18.3. The van der Waals surface area contributed by atoms with E-state index in [-0.39, 0.29) is 12.5 Å². The van der Waals surface area contributed by atoms with E-state index >= 15 is 0 Å². The summed E-state index contributed by atoms with van der Waals surface area (Å²) >= 11 is 11.1. The van der Waals surface area contributed by atoms with Gasteiger partial charge in [-0.1, -0.05) is 35.9 Å². The molecule has 3 aromatic rings. The number of likely N-dealkylation sites (N-methyl/N-ethyl adjacent to an activating group) is 1. The molecule has 0 aliphatic carbocycles. The minimum Gasteiger partial charge on any atom is -0.490 e. The Labute approximate surface area is 238 Å². The highest BCUT2D eigenvalue weighted by molar-refractivity contribution is 9.10. The number of carbonyl (C=O) groups is 2. The summed E-state index contributed by atoms with van der Waals surface area (Å²) in [7, 11) is 2.98. The predicted octanol–water partition coefficient (Wildman–Crippen LogP) is 7.10. The molecule has 3 aromatic carbocycles. The van der Waals surface area contributed by atoms with Gasteiger partial charge in [0.25, 0.3) is 5.91 Å². The van der Waals surface area contributed by atoms with E-state index in [0.29, 0.717) is 48.9 Å². The number of nitrogens with zero attached hydrogens (tertiary/aromatic N) is 2. The summed E-state index contributed by atoms with van der Waals surface area (Å²) in [5.41, 5.74) is 2.53. The second-order valence-corrected chi connectivity index (χ2v) is 10.3. The van der Waals surface area contributed by atoms with E-state index in [0.717, 1.165) is 11.1 Å². The molecule has 0 saturated carbocycles. The van der Waals surface area contributed by atoms with Crippen LogP contribution in [-0.4, -0.2) is 42.7 Å². The van der Waals surface area contributed by atoms with Gasteiger partial charge in [-0.2, -0.15) is 0 Å². The molecule has 4 rings (SSSR count). The topological polar surface area (TPSA) is 77.4 Å². The Morgan fingerprint density at radius 2 is 1.92 bits per heavy atom. The largest absolute Gasteiger partial charge is 0.490 e. The zero-order chi connectivity index (χ0) is 27.2. The van der Waals surface area contributed by atoms with Gasteiger partial charge >= 0.3 is 5.97 Å². The Bertz CT molecular complexity index is 1440.